The van der Waals surface area contributed by atoms with Gasteiger partial charge in [0.15, 0.2) is 5.60 Å². The summed E-state index contributed by atoms with van der Waals surface area (Å²) in [5.74, 6) is -0.604. The highest BCUT2D eigenvalue weighted by Gasteiger charge is 2.31. The second-order valence-corrected chi connectivity index (χ2v) is 10.9. The Morgan fingerprint density at radius 1 is 0.900 bits per heavy atom. The number of nitrogens with zero attached hydrogens (tertiary/aromatic N) is 2. The molecule has 0 aliphatic rings. The first-order chi connectivity index (χ1) is 19.0. The largest absolute Gasteiger partial charge is 0.478 e. The maximum absolute atomic E-state index is 13.1. The van der Waals surface area contributed by atoms with E-state index in [9.17, 15) is 23.1 Å². The monoisotopic (exact) mass is 562 g/mol. The Hall–Kier alpha value is -4.24. The molecule has 0 saturated heterocycles. The second kappa shape index (κ2) is 10.7. The van der Waals surface area contributed by atoms with E-state index < -0.39 is 23.3 Å². The molecule has 9 heteroatoms. The Morgan fingerprint density at radius 3 is 2.20 bits per heavy atom. The van der Waals surface area contributed by atoms with E-state index >= 15 is 0 Å². The van der Waals surface area contributed by atoms with Crippen LogP contribution in [-0.2, 0) is 11.0 Å². The number of fused-ring (bicyclic) bond motifs is 1. The summed E-state index contributed by atoms with van der Waals surface area (Å²) in [5.41, 5.74) is 1.30. The number of hydrogen-bond acceptors (Lipinski definition) is 4. The van der Waals surface area contributed by atoms with Crippen molar-refractivity contribution >= 4 is 28.6 Å². The van der Waals surface area contributed by atoms with Crippen LogP contribution < -0.4 is 4.74 Å². The lowest BCUT2D eigenvalue weighted by molar-refractivity contribution is -0.152. The zero-order valence-corrected chi connectivity index (χ0v) is 22.4. The van der Waals surface area contributed by atoms with Crippen molar-refractivity contribution in [3.05, 3.63) is 120 Å². The van der Waals surface area contributed by atoms with Crippen LogP contribution in [0.3, 0.4) is 0 Å². The number of carbonyl (C=O) groups is 1. The van der Waals surface area contributed by atoms with Crippen LogP contribution >= 0.6 is 11.8 Å². The Balaban J connectivity index is 1.50. The average molecular weight is 563 g/mol. The van der Waals surface area contributed by atoms with E-state index in [0.717, 1.165) is 39.1 Å². The van der Waals surface area contributed by atoms with Gasteiger partial charge in [-0.1, -0.05) is 42.5 Å². The van der Waals surface area contributed by atoms with Crippen molar-refractivity contribution in [2.45, 2.75) is 35.8 Å². The van der Waals surface area contributed by atoms with Crippen LogP contribution in [0.25, 0.3) is 16.6 Å². The predicted molar refractivity (Wildman–Crippen MR) is 149 cm³/mol. The third-order valence-electron chi connectivity index (χ3n) is 6.44. The number of ether oxygens (including phenoxy) is 1. The molecule has 1 heterocycles. The normalized spacial score (nSPS) is 12.8. The standard InChI is InChI=1S/C31H25F3N2O3S/c1-30(2,29(37)38)39-23-15-17-24(18-16-23)40-28(20-7-4-3-5-8-20)25-9-6-10-27-26(25)19-35-36(27)22-13-11-21(12-14-22)31(32,33)34/h3-19,28H,1-2H3,(H,37,38). The van der Waals surface area contributed by atoms with E-state index in [1.807, 2.05) is 60.7 Å². The number of carboxylic acids is 1. The van der Waals surface area contributed by atoms with Crippen LogP contribution in [0.15, 0.2) is 108 Å². The number of aromatic nitrogens is 2. The summed E-state index contributed by atoms with van der Waals surface area (Å²) in [6.07, 6.45) is -2.67. The van der Waals surface area contributed by atoms with Gasteiger partial charge in [-0.2, -0.15) is 18.3 Å². The summed E-state index contributed by atoms with van der Waals surface area (Å²) in [5, 5.41) is 14.6. The maximum atomic E-state index is 13.1. The Morgan fingerprint density at radius 2 is 1.57 bits per heavy atom. The fourth-order valence-corrected chi connectivity index (χ4v) is 5.49. The van der Waals surface area contributed by atoms with Crippen LogP contribution in [0.1, 0.15) is 35.8 Å². The number of alkyl halides is 3. The number of thioether (sulfide) groups is 1. The molecule has 5 rings (SSSR count). The fraction of sp³-hybridized carbons (Fsp3) is 0.161. The van der Waals surface area contributed by atoms with Gasteiger partial charge in [-0.3, -0.25) is 0 Å². The smallest absolute Gasteiger partial charge is 0.416 e. The van der Waals surface area contributed by atoms with Gasteiger partial charge in [0.25, 0.3) is 0 Å². The third kappa shape index (κ3) is 5.70. The molecule has 0 spiro atoms. The molecule has 0 bridgehead atoms. The van der Waals surface area contributed by atoms with E-state index in [0.29, 0.717) is 11.4 Å². The van der Waals surface area contributed by atoms with Crippen molar-refractivity contribution in [3.8, 4) is 11.4 Å². The fourth-order valence-electron chi connectivity index (χ4n) is 4.30. The van der Waals surface area contributed by atoms with E-state index in [1.165, 1.54) is 26.0 Å². The minimum Gasteiger partial charge on any atom is -0.478 e. The molecule has 204 valence electrons. The molecular weight excluding hydrogens is 537 g/mol. The van der Waals surface area contributed by atoms with Crippen molar-refractivity contribution in [3.63, 3.8) is 0 Å². The molecule has 0 fully saturated rings. The van der Waals surface area contributed by atoms with Gasteiger partial charge in [0, 0.05) is 10.3 Å². The summed E-state index contributed by atoms with van der Waals surface area (Å²) in [6, 6.07) is 28.0. The van der Waals surface area contributed by atoms with E-state index in [4.69, 9.17) is 4.74 Å². The first kappa shape index (κ1) is 27.3. The van der Waals surface area contributed by atoms with Crippen LogP contribution in [0.5, 0.6) is 5.75 Å². The molecule has 1 aromatic heterocycles. The summed E-state index contributed by atoms with van der Waals surface area (Å²) >= 11 is 1.62. The molecule has 1 unspecified atom stereocenters. The van der Waals surface area contributed by atoms with E-state index in [1.54, 1.807) is 34.8 Å². The topological polar surface area (TPSA) is 64.4 Å². The first-order valence-electron chi connectivity index (χ1n) is 12.4. The quantitative estimate of drug-likeness (QED) is 0.193. The van der Waals surface area contributed by atoms with Crippen molar-refractivity contribution in [1.29, 1.82) is 0 Å². The number of rotatable bonds is 8. The average Bonchev–Trinajstić information content (AvgIpc) is 3.37. The van der Waals surface area contributed by atoms with Crippen molar-refractivity contribution < 1.29 is 27.8 Å². The van der Waals surface area contributed by atoms with Crippen molar-refractivity contribution in [2.75, 3.05) is 0 Å². The zero-order valence-electron chi connectivity index (χ0n) is 21.6. The van der Waals surface area contributed by atoms with Crippen LogP contribution in [0, 0.1) is 0 Å². The van der Waals surface area contributed by atoms with E-state index in [-0.39, 0.29) is 5.25 Å². The Kier molecular flexibility index (Phi) is 7.33. The highest BCUT2D eigenvalue weighted by atomic mass is 32.2. The Bertz CT molecular complexity index is 1630. The molecule has 40 heavy (non-hydrogen) atoms. The van der Waals surface area contributed by atoms with Gasteiger partial charge in [-0.05, 0) is 79.6 Å². The SMILES string of the molecule is CC(C)(Oc1ccc(SC(c2ccccc2)c2cccc3c2cnn3-c2ccc(C(F)(F)F)cc2)cc1)C(=O)O. The van der Waals surface area contributed by atoms with E-state index in [2.05, 4.69) is 5.10 Å². The molecule has 0 saturated carbocycles. The van der Waals surface area contributed by atoms with Gasteiger partial charge >= 0.3 is 12.1 Å². The van der Waals surface area contributed by atoms with Crippen molar-refractivity contribution in [1.82, 2.24) is 9.78 Å². The highest BCUT2D eigenvalue weighted by molar-refractivity contribution is 7.99. The molecule has 0 aliphatic heterocycles. The molecule has 1 atom stereocenters. The van der Waals surface area contributed by atoms with Gasteiger partial charge in [-0.15, -0.1) is 11.8 Å². The number of benzene rings is 4. The Labute approximate surface area is 233 Å². The van der Waals surface area contributed by atoms with Crippen LogP contribution in [0.4, 0.5) is 13.2 Å². The zero-order chi connectivity index (χ0) is 28.5. The van der Waals surface area contributed by atoms with Gasteiger partial charge in [0.2, 0.25) is 0 Å². The number of halogens is 3. The van der Waals surface area contributed by atoms with Gasteiger partial charge < -0.3 is 9.84 Å². The van der Waals surface area contributed by atoms with Gasteiger partial charge in [-0.25, -0.2) is 9.48 Å². The summed E-state index contributed by atoms with van der Waals surface area (Å²) in [4.78, 5) is 12.4. The summed E-state index contributed by atoms with van der Waals surface area (Å²) < 4.78 is 46.5. The molecule has 5 nitrogen and oxygen atoms in total. The molecule has 4 aromatic carbocycles. The first-order valence-corrected chi connectivity index (χ1v) is 13.3. The molecular formula is C31H25F3N2O3S. The number of hydrogen-bond donors (Lipinski definition) is 1. The van der Waals surface area contributed by atoms with Crippen LogP contribution in [0.2, 0.25) is 0 Å². The second-order valence-electron chi connectivity index (χ2n) is 9.68. The van der Waals surface area contributed by atoms with Crippen LogP contribution in [-0.4, -0.2) is 26.5 Å². The summed E-state index contributed by atoms with van der Waals surface area (Å²) in [6.45, 7) is 2.99. The molecule has 5 aromatic rings. The number of aliphatic carboxylic acids is 1. The molecule has 1 N–H and O–H groups in total. The lowest BCUT2D eigenvalue weighted by Gasteiger charge is -2.22. The number of carboxylic acid groups (broad SMARTS) is 1. The lowest BCUT2D eigenvalue weighted by Crippen LogP contribution is -2.37. The lowest BCUT2D eigenvalue weighted by atomic mass is 10.0. The minimum atomic E-state index is -4.41. The van der Waals surface area contributed by atoms with Gasteiger partial charge in [0.05, 0.1) is 28.2 Å². The molecule has 0 aliphatic carbocycles. The minimum absolute atomic E-state index is 0.127. The summed E-state index contributed by atoms with van der Waals surface area (Å²) in [7, 11) is 0. The van der Waals surface area contributed by atoms with Gasteiger partial charge in [0.1, 0.15) is 5.75 Å². The molecule has 0 amide bonds. The molecule has 0 radical (unpaired) electrons. The maximum Gasteiger partial charge on any atom is 0.416 e. The third-order valence-corrected chi connectivity index (χ3v) is 7.74. The predicted octanol–water partition coefficient (Wildman–Crippen LogP) is 8.17. The highest BCUT2D eigenvalue weighted by Crippen LogP contribution is 2.43. The van der Waals surface area contributed by atoms with Crippen molar-refractivity contribution in [2.24, 2.45) is 0 Å².